The molecule has 4 nitrogen and oxygen atoms in total. The first kappa shape index (κ1) is 15.7. The van der Waals surface area contributed by atoms with Gasteiger partial charge in [0.15, 0.2) is 0 Å². The standard InChI is InChI=1S/C13H25BrN4/c1-10(2)5-6-12(15)13-11(14)9-16-18(13)8-7-17(3)4/h9-10,12H,5-8,15H2,1-4H3. The fourth-order valence-corrected chi connectivity index (χ4v) is 2.45. The van der Waals surface area contributed by atoms with Crippen molar-refractivity contribution < 1.29 is 0 Å². The number of hydrogen-bond acceptors (Lipinski definition) is 3. The van der Waals surface area contributed by atoms with Gasteiger partial charge in [-0.1, -0.05) is 13.8 Å². The first-order chi connectivity index (χ1) is 8.41. The van der Waals surface area contributed by atoms with Crippen molar-refractivity contribution in [1.82, 2.24) is 14.7 Å². The van der Waals surface area contributed by atoms with Crippen LogP contribution in [-0.4, -0.2) is 35.3 Å². The molecule has 0 aromatic carbocycles. The lowest BCUT2D eigenvalue weighted by molar-refractivity contribution is 0.363. The Labute approximate surface area is 119 Å². The predicted molar refractivity (Wildman–Crippen MR) is 79.5 cm³/mol. The van der Waals surface area contributed by atoms with Crippen LogP contribution in [0.15, 0.2) is 10.7 Å². The van der Waals surface area contributed by atoms with Gasteiger partial charge in [0.05, 0.1) is 22.9 Å². The lowest BCUT2D eigenvalue weighted by Crippen LogP contribution is -2.23. The van der Waals surface area contributed by atoms with E-state index in [9.17, 15) is 0 Å². The van der Waals surface area contributed by atoms with Gasteiger partial charge in [0.2, 0.25) is 0 Å². The van der Waals surface area contributed by atoms with E-state index in [1.807, 2.05) is 10.9 Å². The molecule has 0 spiro atoms. The number of nitrogens with zero attached hydrogens (tertiary/aromatic N) is 3. The number of likely N-dealkylation sites (N-methyl/N-ethyl adjacent to an activating group) is 1. The molecule has 1 aromatic rings. The van der Waals surface area contributed by atoms with E-state index >= 15 is 0 Å². The molecule has 1 heterocycles. The molecule has 0 bridgehead atoms. The maximum atomic E-state index is 6.29. The summed E-state index contributed by atoms with van der Waals surface area (Å²) in [6.45, 7) is 6.30. The summed E-state index contributed by atoms with van der Waals surface area (Å²) in [5.74, 6) is 0.688. The second-order valence-corrected chi connectivity index (χ2v) is 6.34. The van der Waals surface area contributed by atoms with Crippen molar-refractivity contribution in [1.29, 1.82) is 0 Å². The first-order valence-corrected chi connectivity index (χ1v) is 7.32. The summed E-state index contributed by atoms with van der Waals surface area (Å²) < 4.78 is 3.05. The van der Waals surface area contributed by atoms with Crippen molar-refractivity contribution >= 4 is 15.9 Å². The van der Waals surface area contributed by atoms with Crippen LogP contribution in [0.4, 0.5) is 0 Å². The highest BCUT2D eigenvalue weighted by Gasteiger charge is 2.16. The predicted octanol–water partition coefficient (Wildman–Crippen LogP) is 2.64. The molecule has 1 atom stereocenters. The summed E-state index contributed by atoms with van der Waals surface area (Å²) in [6.07, 6.45) is 4.00. The Hall–Kier alpha value is -0.390. The van der Waals surface area contributed by atoms with Gasteiger partial charge in [-0.15, -0.1) is 0 Å². The first-order valence-electron chi connectivity index (χ1n) is 6.53. The van der Waals surface area contributed by atoms with Gasteiger partial charge in [0, 0.05) is 12.6 Å². The van der Waals surface area contributed by atoms with E-state index in [0.29, 0.717) is 5.92 Å². The number of aromatic nitrogens is 2. The van der Waals surface area contributed by atoms with Crippen LogP contribution in [0.1, 0.15) is 38.4 Å². The molecule has 0 saturated carbocycles. The van der Waals surface area contributed by atoms with Crippen LogP contribution < -0.4 is 5.73 Å². The molecule has 18 heavy (non-hydrogen) atoms. The molecule has 1 aromatic heterocycles. The van der Waals surface area contributed by atoms with Crippen LogP contribution in [0, 0.1) is 5.92 Å². The van der Waals surface area contributed by atoms with Gasteiger partial charge in [-0.3, -0.25) is 4.68 Å². The number of hydrogen-bond donors (Lipinski definition) is 1. The Morgan fingerprint density at radius 1 is 1.39 bits per heavy atom. The minimum atomic E-state index is 0.0615. The Morgan fingerprint density at radius 2 is 2.06 bits per heavy atom. The molecule has 0 radical (unpaired) electrons. The van der Waals surface area contributed by atoms with E-state index in [-0.39, 0.29) is 6.04 Å². The average Bonchev–Trinajstić information content (AvgIpc) is 2.64. The molecule has 0 aliphatic heterocycles. The zero-order chi connectivity index (χ0) is 13.7. The smallest absolute Gasteiger partial charge is 0.0694 e. The van der Waals surface area contributed by atoms with Gasteiger partial charge in [0.1, 0.15) is 0 Å². The number of halogens is 1. The normalized spacial score (nSPS) is 13.6. The minimum absolute atomic E-state index is 0.0615. The van der Waals surface area contributed by atoms with Crippen LogP contribution in [0.2, 0.25) is 0 Å². The van der Waals surface area contributed by atoms with Gasteiger partial charge in [-0.05, 0) is 48.8 Å². The fraction of sp³-hybridized carbons (Fsp3) is 0.769. The molecule has 0 aliphatic rings. The van der Waals surface area contributed by atoms with Crippen molar-refractivity contribution in [2.45, 2.75) is 39.3 Å². The highest BCUT2D eigenvalue weighted by atomic mass is 79.9. The zero-order valence-corrected chi connectivity index (χ0v) is 13.4. The second-order valence-electron chi connectivity index (χ2n) is 5.48. The molecule has 0 amide bonds. The van der Waals surface area contributed by atoms with E-state index in [1.54, 1.807) is 0 Å². The molecule has 0 fully saturated rings. The van der Waals surface area contributed by atoms with Gasteiger partial charge in [-0.2, -0.15) is 5.10 Å². The van der Waals surface area contributed by atoms with Crippen LogP contribution in [0.3, 0.4) is 0 Å². The maximum Gasteiger partial charge on any atom is 0.0694 e. The summed E-state index contributed by atoms with van der Waals surface area (Å²) in [6, 6.07) is 0.0615. The molecule has 1 unspecified atom stereocenters. The van der Waals surface area contributed by atoms with Crippen molar-refractivity contribution in [3.63, 3.8) is 0 Å². The summed E-state index contributed by atoms with van der Waals surface area (Å²) in [4.78, 5) is 2.15. The second kappa shape index (κ2) is 7.26. The van der Waals surface area contributed by atoms with Gasteiger partial charge in [-0.25, -0.2) is 0 Å². The molecule has 0 aliphatic carbocycles. The van der Waals surface area contributed by atoms with Crippen molar-refractivity contribution in [3.05, 3.63) is 16.4 Å². The SMILES string of the molecule is CC(C)CCC(N)c1c(Br)cnn1CCN(C)C. The lowest BCUT2D eigenvalue weighted by atomic mass is 10.0. The van der Waals surface area contributed by atoms with E-state index in [4.69, 9.17) is 5.73 Å². The van der Waals surface area contributed by atoms with E-state index in [1.165, 1.54) is 0 Å². The van der Waals surface area contributed by atoms with E-state index < -0.39 is 0 Å². The van der Waals surface area contributed by atoms with Gasteiger partial charge < -0.3 is 10.6 Å². The Bertz CT molecular complexity index is 360. The quantitative estimate of drug-likeness (QED) is 0.841. The van der Waals surface area contributed by atoms with Gasteiger partial charge >= 0.3 is 0 Å². The Balaban J connectivity index is 2.70. The molecule has 1 rings (SSSR count). The van der Waals surface area contributed by atoms with Crippen molar-refractivity contribution in [3.8, 4) is 0 Å². The molecule has 0 saturated heterocycles. The van der Waals surface area contributed by atoms with E-state index in [2.05, 4.69) is 53.9 Å². The topological polar surface area (TPSA) is 47.1 Å². The highest BCUT2D eigenvalue weighted by Crippen LogP contribution is 2.25. The van der Waals surface area contributed by atoms with Crippen LogP contribution in [0.5, 0.6) is 0 Å². The third-order valence-electron chi connectivity index (χ3n) is 3.00. The molecule has 104 valence electrons. The summed E-state index contributed by atoms with van der Waals surface area (Å²) in [5, 5.41) is 4.40. The maximum absolute atomic E-state index is 6.29. The molecular weight excluding hydrogens is 292 g/mol. The summed E-state index contributed by atoms with van der Waals surface area (Å²) >= 11 is 3.55. The van der Waals surface area contributed by atoms with Crippen molar-refractivity contribution in [2.24, 2.45) is 11.7 Å². The monoisotopic (exact) mass is 316 g/mol. The van der Waals surface area contributed by atoms with Gasteiger partial charge in [0.25, 0.3) is 0 Å². The largest absolute Gasteiger partial charge is 0.323 e. The minimum Gasteiger partial charge on any atom is -0.323 e. The highest BCUT2D eigenvalue weighted by molar-refractivity contribution is 9.10. The summed E-state index contributed by atoms with van der Waals surface area (Å²) in [7, 11) is 4.13. The average molecular weight is 317 g/mol. The third-order valence-corrected chi connectivity index (χ3v) is 3.61. The fourth-order valence-electron chi connectivity index (χ4n) is 1.86. The zero-order valence-electron chi connectivity index (χ0n) is 11.9. The van der Waals surface area contributed by atoms with Crippen LogP contribution in [0.25, 0.3) is 0 Å². The van der Waals surface area contributed by atoms with E-state index in [0.717, 1.165) is 36.1 Å². The van der Waals surface area contributed by atoms with Crippen LogP contribution >= 0.6 is 15.9 Å². The Morgan fingerprint density at radius 3 is 2.61 bits per heavy atom. The number of nitrogens with two attached hydrogens (primary N) is 1. The van der Waals surface area contributed by atoms with Crippen molar-refractivity contribution in [2.75, 3.05) is 20.6 Å². The third kappa shape index (κ3) is 4.71. The molecule has 5 heteroatoms. The lowest BCUT2D eigenvalue weighted by Gasteiger charge is -2.17. The Kier molecular flexibility index (Phi) is 6.32. The molecule has 2 N–H and O–H groups in total. The summed E-state index contributed by atoms with van der Waals surface area (Å²) in [5.41, 5.74) is 7.41. The number of rotatable bonds is 7. The molecular formula is C13H25BrN4. The van der Waals surface area contributed by atoms with Crippen LogP contribution in [-0.2, 0) is 6.54 Å².